The Hall–Kier alpha value is -2.13. The van der Waals surface area contributed by atoms with Gasteiger partial charge in [0.2, 0.25) is 11.2 Å². The molecule has 2 aromatic rings. The molecule has 0 aromatic carbocycles. The minimum Gasteiger partial charge on any atom is -0.376 e. The average Bonchev–Trinajstić information content (AvgIpc) is 3.18. The standard InChI is InChI=1S/C14H18ClN5O4/c1-18-11-10(12(22)19(2)14(18)23)20(13(15)17-11)7-9(21)16-6-8-4-3-5-24-8/h8H,3-7H2,1-2H3,(H,16,21)/t8-/m0/s1. The molecule has 3 heterocycles. The second-order valence-electron chi connectivity index (χ2n) is 5.78. The summed E-state index contributed by atoms with van der Waals surface area (Å²) in [6, 6.07) is 0. The first kappa shape index (κ1) is 16.7. The molecule has 1 amide bonds. The fourth-order valence-electron chi connectivity index (χ4n) is 2.80. The normalized spacial score (nSPS) is 17.5. The molecule has 1 saturated heterocycles. The topological polar surface area (TPSA) is 100 Å². The summed E-state index contributed by atoms with van der Waals surface area (Å²) in [6.07, 6.45) is 1.93. The van der Waals surface area contributed by atoms with Crippen LogP contribution in [0.2, 0.25) is 5.28 Å². The van der Waals surface area contributed by atoms with E-state index in [0.717, 1.165) is 17.4 Å². The molecule has 24 heavy (non-hydrogen) atoms. The first-order chi connectivity index (χ1) is 11.4. The van der Waals surface area contributed by atoms with Crippen molar-refractivity contribution in [2.75, 3.05) is 13.2 Å². The Labute approximate surface area is 141 Å². The lowest BCUT2D eigenvalue weighted by Crippen LogP contribution is -2.38. The van der Waals surface area contributed by atoms with Crippen LogP contribution in [0, 0.1) is 0 Å². The summed E-state index contributed by atoms with van der Waals surface area (Å²) in [5.41, 5.74) is -0.770. The quantitative estimate of drug-likeness (QED) is 0.737. The Morgan fingerprint density at radius 3 is 2.79 bits per heavy atom. The molecule has 1 N–H and O–H groups in total. The minimum absolute atomic E-state index is 0.0180. The molecule has 0 saturated carbocycles. The van der Waals surface area contributed by atoms with Gasteiger partial charge in [-0.15, -0.1) is 0 Å². The van der Waals surface area contributed by atoms with Crippen molar-refractivity contribution < 1.29 is 9.53 Å². The van der Waals surface area contributed by atoms with Crippen LogP contribution in [0.5, 0.6) is 0 Å². The molecule has 1 aliphatic heterocycles. The van der Waals surface area contributed by atoms with Gasteiger partial charge < -0.3 is 10.1 Å². The largest absolute Gasteiger partial charge is 0.376 e. The summed E-state index contributed by atoms with van der Waals surface area (Å²) in [5.74, 6) is -0.303. The van der Waals surface area contributed by atoms with Crippen molar-refractivity contribution in [3.8, 4) is 0 Å². The van der Waals surface area contributed by atoms with Gasteiger partial charge in [-0.1, -0.05) is 0 Å². The highest BCUT2D eigenvalue weighted by molar-refractivity contribution is 6.29. The van der Waals surface area contributed by atoms with Crippen molar-refractivity contribution in [1.29, 1.82) is 0 Å². The summed E-state index contributed by atoms with van der Waals surface area (Å²) in [7, 11) is 2.86. The van der Waals surface area contributed by atoms with Crippen LogP contribution < -0.4 is 16.6 Å². The van der Waals surface area contributed by atoms with Crippen molar-refractivity contribution >= 4 is 28.7 Å². The van der Waals surface area contributed by atoms with E-state index >= 15 is 0 Å². The van der Waals surface area contributed by atoms with Gasteiger partial charge in [-0.3, -0.25) is 23.3 Å². The van der Waals surface area contributed by atoms with Crippen LogP contribution >= 0.6 is 11.6 Å². The number of imidazole rings is 1. The minimum atomic E-state index is -0.542. The number of fused-ring (bicyclic) bond motifs is 1. The fraction of sp³-hybridized carbons (Fsp3) is 0.571. The van der Waals surface area contributed by atoms with Crippen LogP contribution in [0.4, 0.5) is 0 Å². The predicted octanol–water partition coefficient (Wildman–Crippen LogP) is -0.618. The number of nitrogens with one attached hydrogen (secondary N) is 1. The van der Waals surface area contributed by atoms with Gasteiger partial charge in [0.15, 0.2) is 11.2 Å². The first-order valence-electron chi connectivity index (χ1n) is 7.60. The molecular formula is C14H18ClN5O4. The van der Waals surface area contributed by atoms with Crippen molar-refractivity contribution in [3.63, 3.8) is 0 Å². The highest BCUT2D eigenvalue weighted by atomic mass is 35.5. The summed E-state index contributed by atoms with van der Waals surface area (Å²) >= 11 is 6.07. The molecule has 130 valence electrons. The summed E-state index contributed by atoms with van der Waals surface area (Å²) in [6.45, 7) is 0.970. The predicted molar refractivity (Wildman–Crippen MR) is 87.2 cm³/mol. The van der Waals surface area contributed by atoms with Crippen molar-refractivity contribution in [3.05, 3.63) is 26.1 Å². The number of hydrogen-bond donors (Lipinski definition) is 1. The van der Waals surface area contributed by atoms with Crippen molar-refractivity contribution in [1.82, 2.24) is 24.0 Å². The maximum absolute atomic E-state index is 12.4. The molecule has 0 radical (unpaired) electrons. The van der Waals surface area contributed by atoms with E-state index in [4.69, 9.17) is 16.3 Å². The Morgan fingerprint density at radius 1 is 1.38 bits per heavy atom. The summed E-state index contributed by atoms with van der Waals surface area (Å²) < 4.78 is 8.94. The third-order valence-electron chi connectivity index (χ3n) is 4.15. The Kier molecular flexibility index (Phi) is 4.46. The SMILES string of the molecule is Cn1c(=O)c2c(nc(Cl)n2CC(=O)NC[C@@H]2CCCO2)n(C)c1=O. The van der Waals surface area contributed by atoms with Crippen molar-refractivity contribution in [2.24, 2.45) is 14.1 Å². The van der Waals surface area contributed by atoms with Crippen LogP contribution in [-0.2, 0) is 30.2 Å². The molecule has 1 aliphatic rings. The number of hydrogen-bond acceptors (Lipinski definition) is 5. The molecule has 0 spiro atoms. The van der Waals surface area contributed by atoms with Gasteiger partial charge in [-0.05, 0) is 24.4 Å². The van der Waals surface area contributed by atoms with Gasteiger partial charge in [0.1, 0.15) is 6.54 Å². The number of amides is 1. The molecule has 0 bridgehead atoms. The molecule has 0 unspecified atom stereocenters. The Bertz CT molecular complexity index is 906. The molecule has 9 nitrogen and oxygen atoms in total. The van der Waals surface area contributed by atoms with E-state index in [9.17, 15) is 14.4 Å². The number of ether oxygens (including phenoxy) is 1. The zero-order valence-corrected chi connectivity index (χ0v) is 14.2. The molecule has 2 aromatic heterocycles. The van der Waals surface area contributed by atoms with Gasteiger partial charge in [-0.25, -0.2) is 4.79 Å². The van der Waals surface area contributed by atoms with Crippen LogP contribution in [0.25, 0.3) is 11.2 Å². The van der Waals surface area contributed by atoms with Gasteiger partial charge in [0.25, 0.3) is 5.56 Å². The van der Waals surface area contributed by atoms with Gasteiger partial charge in [-0.2, -0.15) is 4.98 Å². The van der Waals surface area contributed by atoms with Gasteiger partial charge in [0, 0.05) is 27.2 Å². The number of carbonyl (C=O) groups is 1. The summed E-state index contributed by atoms with van der Waals surface area (Å²) in [4.78, 5) is 40.5. The monoisotopic (exact) mass is 355 g/mol. The third-order valence-corrected chi connectivity index (χ3v) is 4.44. The number of rotatable bonds is 4. The number of aryl methyl sites for hydroxylation is 1. The smallest absolute Gasteiger partial charge is 0.332 e. The maximum atomic E-state index is 12.4. The fourth-order valence-corrected chi connectivity index (χ4v) is 3.02. The zero-order chi connectivity index (χ0) is 17.4. The van der Waals surface area contributed by atoms with E-state index in [1.165, 1.54) is 23.2 Å². The lowest BCUT2D eigenvalue weighted by molar-refractivity contribution is -0.122. The van der Waals surface area contributed by atoms with E-state index < -0.39 is 11.2 Å². The van der Waals surface area contributed by atoms with Crippen LogP contribution in [0.1, 0.15) is 12.8 Å². The first-order valence-corrected chi connectivity index (χ1v) is 7.98. The maximum Gasteiger partial charge on any atom is 0.332 e. The Balaban J connectivity index is 1.89. The van der Waals surface area contributed by atoms with Crippen LogP contribution in [0.3, 0.4) is 0 Å². The molecule has 1 fully saturated rings. The van der Waals surface area contributed by atoms with Crippen LogP contribution in [-0.4, -0.2) is 43.8 Å². The molecule has 10 heteroatoms. The summed E-state index contributed by atoms with van der Waals surface area (Å²) in [5, 5.41) is 2.75. The van der Waals surface area contributed by atoms with E-state index in [1.807, 2.05) is 0 Å². The lowest BCUT2D eigenvalue weighted by atomic mass is 10.2. The number of halogens is 1. The van der Waals surface area contributed by atoms with Crippen molar-refractivity contribution in [2.45, 2.75) is 25.5 Å². The van der Waals surface area contributed by atoms with E-state index in [1.54, 1.807) is 0 Å². The molecule has 1 atom stereocenters. The highest BCUT2D eigenvalue weighted by Gasteiger charge is 2.21. The average molecular weight is 356 g/mol. The molecular weight excluding hydrogens is 338 g/mol. The molecule has 3 rings (SSSR count). The van der Waals surface area contributed by atoms with Gasteiger partial charge in [0.05, 0.1) is 6.10 Å². The highest BCUT2D eigenvalue weighted by Crippen LogP contribution is 2.15. The number of carbonyl (C=O) groups excluding carboxylic acids is 1. The lowest BCUT2D eigenvalue weighted by Gasteiger charge is -2.11. The third kappa shape index (κ3) is 2.84. The zero-order valence-electron chi connectivity index (χ0n) is 13.4. The molecule has 0 aliphatic carbocycles. The Morgan fingerprint density at radius 2 is 2.12 bits per heavy atom. The van der Waals surface area contributed by atoms with Gasteiger partial charge >= 0.3 is 5.69 Å². The number of nitrogens with zero attached hydrogens (tertiary/aromatic N) is 4. The van der Waals surface area contributed by atoms with E-state index in [2.05, 4.69) is 10.3 Å². The van der Waals surface area contributed by atoms with Crippen LogP contribution in [0.15, 0.2) is 9.59 Å². The van der Waals surface area contributed by atoms with E-state index in [0.29, 0.717) is 13.2 Å². The number of aromatic nitrogens is 4. The second-order valence-corrected chi connectivity index (χ2v) is 6.12. The second kappa shape index (κ2) is 6.40. The van der Waals surface area contributed by atoms with E-state index in [-0.39, 0.29) is 35.0 Å².